The number of hydrogen-bond donors (Lipinski definition) is 0. The van der Waals surface area contributed by atoms with Crippen molar-refractivity contribution in [2.75, 3.05) is 13.2 Å². The van der Waals surface area contributed by atoms with Gasteiger partial charge in [0.15, 0.2) is 6.29 Å². The molecule has 2 aliphatic heterocycles. The van der Waals surface area contributed by atoms with Crippen LogP contribution in [0.4, 0.5) is 0 Å². The molecule has 2 heterocycles. The van der Waals surface area contributed by atoms with E-state index in [0.29, 0.717) is 19.6 Å². The van der Waals surface area contributed by atoms with Gasteiger partial charge < -0.3 is 14.2 Å². The van der Waals surface area contributed by atoms with Gasteiger partial charge in [0.1, 0.15) is 11.4 Å². The molecule has 1 fully saturated rings. The highest BCUT2D eigenvalue weighted by molar-refractivity contribution is 5.80. The summed E-state index contributed by atoms with van der Waals surface area (Å²) in [6.45, 7) is 7.25. The number of ketones is 1. The van der Waals surface area contributed by atoms with Crippen molar-refractivity contribution >= 4 is 5.78 Å². The first-order valence-corrected chi connectivity index (χ1v) is 8.23. The Bertz CT molecular complexity index is 369. The largest absolute Gasteiger partial charge is 0.358 e. The van der Waals surface area contributed by atoms with Crippen LogP contribution in [0.2, 0.25) is 0 Å². The van der Waals surface area contributed by atoms with Crippen molar-refractivity contribution < 1.29 is 19.0 Å². The molecular weight excluding hydrogens is 268 g/mol. The number of unbranched alkanes of at least 4 members (excludes halogenated alkanes) is 2. The molecule has 0 aromatic rings. The summed E-state index contributed by atoms with van der Waals surface area (Å²) in [6.07, 6.45) is 8.39. The van der Waals surface area contributed by atoms with Gasteiger partial charge in [0.25, 0.3) is 0 Å². The Morgan fingerprint density at radius 2 is 1.90 bits per heavy atom. The number of carbonyl (C=O) groups excluding carboxylic acids is 1. The van der Waals surface area contributed by atoms with Crippen molar-refractivity contribution in [3.63, 3.8) is 0 Å². The lowest BCUT2D eigenvalue weighted by Gasteiger charge is -2.32. The van der Waals surface area contributed by atoms with E-state index in [1.807, 2.05) is 12.2 Å². The molecule has 4 nitrogen and oxygen atoms in total. The summed E-state index contributed by atoms with van der Waals surface area (Å²) in [4.78, 5) is 11.7. The fourth-order valence-corrected chi connectivity index (χ4v) is 2.99. The van der Waals surface area contributed by atoms with E-state index in [0.717, 1.165) is 25.7 Å². The van der Waals surface area contributed by atoms with E-state index in [-0.39, 0.29) is 17.8 Å². The Balaban J connectivity index is 2.01. The molecule has 0 aromatic carbocycles. The Hall–Kier alpha value is -0.710. The van der Waals surface area contributed by atoms with Gasteiger partial charge in [-0.15, -0.1) is 0 Å². The predicted molar refractivity (Wildman–Crippen MR) is 81.0 cm³/mol. The minimum atomic E-state index is -0.567. The molecule has 3 atom stereocenters. The monoisotopic (exact) mass is 296 g/mol. The SMILES string of the molecule is CCCCOC(OCCCC)C12C=CC(O1)C(C(C)=O)C2. The van der Waals surface area contributed by atoms with Crippen molar-refractivity contribution in [1.82, 2.24) is 0 Å². The second-order valence-electron chi connectivity index (χ2n) is 6.10. The Morgan fingerprint density at radius 1 is 1.29 bits per heavy atom. The number of Topliss-reactive ketones (excluding diaryl/α,β-unsaturated/α-hetero) is 1. The molecule has 120 valence electrons. The second kappa shape index (κ2) is 7.52. The summed E-state index contributed by atoms with van der Waals surface area (Å²) >= 11 is 0. The Morgan fingerprint density at radius 3 is 2.38 bits per heavy atom. The molecule has 3 unspecified atom stereocenters. The highest BCUT2D eigenvalue weighted by Crippen LogP contribution is 2.45. The van der Waals surface area contributed by atoms with Crippen molar-refractivity contribution in [3.8, 4) is 0 Å². The van der Waals surface area contributed by atoms with Crippen LogP contribution >= 0.6 is 0 Å². The molecule has 2 rings (SSSR count). The zero-order valence-electron chi connectivity index (χ0n) is 13.5. The van der Waals surface area contributed by atoms with Gasteiger partial charge in [-0.3, -0.25) is 4.79 Å². The Labute approximate surface area is 127 Å². The minimum Gasteiger partial charge on any atom is -0.358 e. The maximum Gasteiger partial charge on any atom is 0.190 e. The molecule has 2 bridgehead atoms. The smallest absolute Gasteiger partial charge is 0.190 e. The molecule has 0 amide bonds. The van der Waals surface area contributed by atoms with E-state index >= 15 is 0 Å². The number of fused-ring (bicyclic) bond motifs is 2. The van der Waals surface area contributed by atoms with E-state index in [9.17, 15) is 4.79 Å². The summed E-state index contributed by atoms with van der Waals surface area (Å²) in [5, 5.41) is 0. The van der Waals surface area contributed by atoms with Crippen LogP contribution in [0.1, 0.15) is 52.9 Å². The van der Waals surface area contributed by atoms with E-state index < -0.39 is 11.9 Å². The van der Waals surface area contributed by atoms with Gasteiger partial charge in [-0.25, -0.2) is 0 Å². The van der Waals surface area contributed by atoms with Crippen LogP contribution in [0.25, 0.3) is 0 Å². The summed E-state index contributed by atoms with van der Waals surface area (Å²) in [7, 11) is 0. The quantitative estimate of drug-likeness (QED) is 0.353. The van der Waals surface area contributed by atoms with Crippen LogP contribution in [-0.2, 0) is 19.0 Å². The molecule has 4 heteroatoms. The predicted octanol–water partition coefficient (Wildman–Crippen LogP) is 3.25. The third-order valence-corrected chi connectivity index (χ3v) is 4.31. The average Bonchev–Trinajstić information content (AvgIpc) is 3.05. The molecule has 0 aromatic heterocycles. The van der Waals surface area contributed by atoms with Gasteiger partial charge >= 0.3 is 0 Å². The average molecular weight is 296 g/mol. The topological polar surface area (TPSA) is 44.8 Å². The van der Waals surface area contributed by atoms with Crippen molar-refractivity contribution in [2.45, 2.75) is 70.9 Å². The molecular formula is C17H28O4. The highest BCUT2D eigenvalue weighted by Gasteiger charge is 2.55. The molecule has 0 N–H and O–H groups in total. The van der Waals surface area contributed by atoms with Crippen molar-refractivity contribution in [2.24, 2.45) is 5.92 Å². The maximum atomic E-state index is 11.7. The summed E-state index contributed by atoms with van der Waals surface area (Å²) < 4.78 is 18.0. The third kappa shape index (κ3) is 3.74. The van der Waals surface area contributed by atoms with Gasteiger partial charge in [-0.1, -0.05) is 32.8 Å². The van der Waals surface area contributed by atoms with Gasteiger partial charge in [0.05, 0.1) is 12.0 Å². The minimum absolute atomic E-state index is 0.0537. The van der Waals surface area contributed by atoms with Gasteiger partial charge in [0.2, 0.25) is 0 Å². The van der Waals surface area contributed by atoms with Gasteiger partial charge in [0, 0.05) is 13.2 Å². The summed E-state index contributed by atoms with van der Waals surface area (Å²) in [5.41, 5.74) is -0.567. The molecule has 0 saturated carbocycles. The fraction of sp³-hybridized carbons (Fsp3) is 0.824. The standard InChI is InChI=1S/C17H28O4/c1-4-6-10-19-16(20-11-7-5-2)17-9-8-15(21-17)14(12-17)13(3)18/h8-9,14-16H,4-7,10-12H2,1-3H3. The van der Waals surface area contributed by atoms with Crippen LogP contribution in [0.15, 0.2) is 12.2 Å². The second-order valence-corrected chi connectivity index (χ2v) is 6.10. The summed E-state index contributed by atoms with van der Waals surface area (Å²) in [5.74, 6) is 0.133. The van der Waals surface area contributed by atoms with Gasteiger partial charge in [-0.2, -0.15) is 0 Å². The lowest BCUT2D eigenvalue weighted by atomic mass is 9.84. The van der Waals surface area contributed by atoms with E-state index in [1.54, 1.807) is 6.92 Å². The van der Waals surface area contributed by atoms with Crippen LogP contribution in [0, 0.1) is 5.92 Å². The Kier molecular flexibility index (Phi) is 5.97. The number of carbonyl (C=O) groups is 1. The van der Waals surface area contributed by atoms with Crippen molar-refractivity contribution in [3.05, 3.63) is 12.2 Å². The normalized spacial score (nSPS) is 30.5. The van der Waals surface area contributed by atoms with E-state index in [2.05, 4.69) is 13.8 Å². The first kappa shape index (κ1) is 16.7. The van der Waals surface area contributed by atoms with Crippen molar-refractivity contribution in [1.29, 1.82) is 0 Å². The molecule has 0 radical (unpaired) electrons. The van der Waals surface area contributed by atoms with E-state index in [1.165, 1.54) is 0 Å². The lowest BCUT2D eigenvalue weighted by Crippen LogP contribution is -2.43. The van der Waals surface area contributed by atoms with E-state index in [4.69, 9.17) is 14.2 Å². The van der Waals surface area contributed by atoms with Crippen LogP contribution < -0.4 is 0 Å². The van der Waals surface area contributed by atoms with Gasteiger partial charge in [-0.05, 0) is 32.3 Å². The number of ether oxygens (including phenoxy) is 3. The lowest BCUT2D eigenvalue weighted by molar-refractivity contribution is -0.225. The van der Waals surface area contributed by atoms with Crippen LogP contribution in [-0.4, -0.2) is 37.0 Å². The molecule has 21 heavy (non-hydrogen) atoms. The highest BCUT2D eigenvalue weighted by atomic mass is 16.7. The maximum absolute atomic E-state index is 11.7. The zero-order valence-corrected chi connectivity index (χ0v) is 13.5. The summed E-state index contributed by atoms with van der Waals surface area (Å²) in [6, 6.07) is 0. The number of hydrogen-bond acceptors (Lipinski definition) is 4. The van der Waals surface area contributed by atoms with Crippen LogP contribution in [0.5, 0.6) is 0 Å². The molecule has 0 spiro atoms. The zero-order chi connectivity index (χ0) is 15.3. The fourth-order valence-electron chi connectivity index (χ4n) is 2.99. The third-order valence-electron chi connectivity index (χ3n) is 4.31. The molecule has 2 aliphatic rings. The number of rotatable bonds is 10. The molecule has 1 saturated heterocycles. The molecule has 0 aliphatic carbocycles. The first-order chi connectivity index (χ1) is 10.1. The first-order valence-electron chi connectivity index (χ1n) is 8.23. The van der Waals surface area contributed by atoms with Crippen LogP contribution in [0.3, 0.4) is 0 Å².